The number of rotatable bonds is 5. The average Bonchev–Trinajstić information content (AvgIpc) is 3.17. The van der Waals surface area contributed by atoms with Gasteiger partial charge in [0.1, 0.15) is 10.8 Å². The van der Waals surface area contributed by atoms with E-state index in [0.29, 0.717) is 0 Å². The predicted octanol–water partition coefficient (Wildman–Crippen LogP) is 2.93. The van der Waals surface area contributed by atoms with E-state index in [9.17, 15) is 13.2 Å². The molecule has 0 spiro atoms. The molecule has 3 rings (SSSR count). The third kappa shape index (κ3) is 3.83. The van der Waals surface area contributed by atoms with Gasteiger partial charge < -0.3 is 9.30 Å². The number of ether oxygens (including phenoxy) is 1. The summed E-state index contributed by atoms with van der Waals surface area (Å²) in [7, 11) is -3.82. The summed E-state index contributed by atoms with van der Waals surface area (Å²) in [5, 5.41) is 1.68. The summed E-state index contributed by atoms with van der Waals surface area (Å²) in [6.45, 7) is 3.86. The maximum absolute atomic E-state index is 12.5. The van der Waals surface area contributed by atoms with Crippen molar-refractivity contribution in [1.29, 1.82) is 0 Å². The zero-order valence-corrected chi connectivity index (χ0v) is 16.1. The quantitative estimate of drug-likeness (QED) is 0.621. The number of fused-ring (bicyclic) bond motifs is 1. The molecule has 2 heterocycles. The Kier molecular flexibility index (Phi) is 5.07. The first-order chi connectivity index (χ1) is 11.9. The van der Waals surface area contributed by atoms with E-state index in [1.54, 1.807) is 22.9 Å². The van der Waals surface area contributed by atoms with Crippen LogP contribution in [0.4, 0.5) is 0 Å². The van der Waals surface area contributed by atoms with Gasteiger partial charge in [0.05, 0.1) is 16.8 Å². The van der Waals surface area contributed by atoms with Gasteiger partial charge in [0, 0.05) is 0 Å². The van der Waals surface area contributed by atoms with Crippen molar-refractivity contribution in [3.63, 3.8) is 0 Å². The van der Waals surface area contributed by atoms with Crippen molar-refractivity contribution < 1.29 is 17.9 Å². The van der Waals surface area contributed by atoms with E-state index in [-0.39, 0.29) is 22.2 Å². The van der Waals surface area contributed by atoms with Gasteiger partial charge in [-0.05, 0) is 43.0 Å². The molecule has 0 amide bonds. The van der Waals surface area contributed by atoms with Gasteiger partial charge in [0.2, 0.25) is 4.80 Å². The molecule has 6 nitrogen and oxygen atoms in total. The fraction of sp³-hybridized carbons (Fsp3) is 0.250. The smallest absolute Gasteiger partial charge is 0.326 e. The van der Waals surface area contributed by atoms with Crippen LogP contribution in [0.1, 0.15) is 12.5 Å². The first kappa shape index (κ1) is 17.8. The highest BCUT2D eigenvalue weighted by Gasteiger charge is 2.17. The topological polar surface area (TPSA) is 77.7 Å². The summed E-state index contributed by atoms with van der Waals surface area (Å²) >= 11 is 2.34. The first-order valence-corrected chi connectivity index (χ1v) is 10.6. The molecule has 0 N–H and O–H groups in total. The Bertz CT molecular complexity index is 1080. The maximum atomic E-state index is 12.5. The Morgan fingerprint density at radius 1 is 1.32 bits per heavy atom. The Morgan fingerprint density at radius 2 is 2.12 bits per heavy atom. The van der Waals surface area contributed by atoms with Gasteiger partial charge in [-0.1, -0.05) is 23.5 Å². The predicted molar refractivity (Wildman–Crippen MR) is 98.3 cm³/mol. The number of aromatic nitrogens is 1. The zero-order chi connectivity index (χ0) is 18.0. The van der Waals surface area contributed by atoms with Crippen LogP contribution in [-0.2, 0) is 26.1 Å². The molecule has 0 atom stereocenters. The molecule has 0 aliphatic heterocycles. The zero-order valence-electron chi connectivity index (χ0n) is 13.6. The molecule has 0 aliphatic rings. The SMILES string of the molecule is CCOC(=O)Cn1c(=NS(=O)(=O)c2cccs2)sc2cc(C)ccc21. The van der Waals surface area contributed by atoms with Crippen molar-refractivity contribution in [2.24, 2.45) is 4.40 Å². The highest BCUT2D eigenvalue weighted by molar-refractivity contribution is 7.92. The minimum atomic E-state index is -3.82. The second-order valence-electron chi connectivity index (χ2n) is 5.25. The molecule has 0 bridgehead atoms. The number of aryl methyl sites for hydroxylation is 1. The van der Waals surface area contributed by atoms with Crippen molar-refractivity contribution >= 4 is 48.9 Å². The molecule has 0 saturated carbocycles. The van der Waals surface area contributed by atoms with Crippen LogP contribution in [0.3, 0.4) is 0 Å². The Morgan fingerprint density at radius 3 is 2.80 bits per heavy atom. The van der Waals surface area contributed by atoms with Crippen LogP contribution in [0.2, 0.25) is 0 Å². The van der Waals surface area contributed by atoms with Gasteiger partial charge in [-0.3, -0.25) is 4.79 Å². The molecule has 3 aromatic rings. The van der Waals surface area contributed by atoms with Crippen LogP contribution in [0, 0.1) is 6.92 Å². The highest BCUT2D eigenvalue weighted by atomic mass is 32.2. The molecule has 9 heteroatoms. The van der Waals surface area contributed by atoms with Crippen LogP contribution in [0.15, 0.2) is 44.3 Å². The standard InChI is InChI=1S/C16H16N2O4S3/c1-3-22-14(19)10-18-12-7-6-11(2)9-13(12)24-16(18)17-25(20,21)15-5-4-8-23-15/h4-9H,3,10H2,1-2H3. The van der Waals surface area contributed by atoms with E-state index in [2.05, 4.69) is 4.40 Å². The Hall–Kier alpha value is -1.97. The third-order valence-electron chi connectivity index (χ3n) is 3.38. The maximum Gasteiger partial charge on any atom is 0.326 e. The fourth-order valence-electron chi connectivity index (χ4n) is 2.30. The Labute approximate surface area is 153 Å². The highest BCUT2D eigenvalue weighted by Crippen LogP contribution is 2.21. The average molecular weight is 397 g/mol. The second-order valence-corrected chi connectivity index (χ2v) is 9.03. The lowest BCUT2D eigenvalue weighted by molar-refractivity contribution is -0.143. The number of carbonyl (C=O) groups excluding carboxylic acids is 1. The number of thiophene rings is 1. The molecule has 2 aromatic heterocycles. The molecule has 25 heavy (non-hydrogen) atoms. The van der Waals surface area contributed by atoms with Crippen molar-refractivity contribution in [1.82, 2.24) is 4.57 Å². The molecule has 0 unspecified atom stereocenters. The molecule has 0 aliphatic carbocycles. The van der Waals surface area contributed by atoms with E-state index in [4.69, 9.17) is 4.74 Å². The van der Waals surface area contributed by atoms with Crippen LogP contribution in [-0.4, -0.2) is 25.6 Å². The summed E-state index contributed by atoms with van der Waals surface area (Å²) in [5.41, 5.74) is 1.80. The second kappa shape index (κ2) is 7.11. The molecular weight excluding hydrogens is 380 g/mol. The van der Waals surface area contributed by atoms with E-state index in [0.717, 1.165) is 27.1 Å². The number of thiazole rings is 1. The molecule has 0 radical (unpaired) electrons. The van der Waals surface area contributed by atoms with Crippen LogP contribution < -0.4 is 4.80 Å². The summed E-state index contributed by atoms with van der Waals surface area (Å²) < 4.78 is 36.6. The third-order valence-corrected chi connectivity index (χ3v) is 7.18. The molecule has 0 saturated heterocycles. The van der Waals surface area contributed by atoms with E-state index in [1.807, 2.05) is 25.1 Å². The van der Waals surface area contributed by atoms with Crippen molar-refractivity contribution in [2.75, 3.05) is 6.61 Å². The molecule has 132 valence electrons. The van der Waals surface area contributed by atoms with Crippen LogP contribution in [0.5, 0.6) is 0 Å². The lowest BCUT2D eigenvalue weighted by Gasteiger charge is -2.05. The number of sulfonamides is 1. The van der Waals surface area contributed by atoms with Crippen LogP contribution >= 0.6 is 22.7 Å². The number of benzene rings is 1. The van der Waals surface area contributed by atoms with Gasteiger partial charge in [-0.25, -0.2) is 0 Å². The summed E-state index contributed by atoms with van der Waals surface area (Å²) in [4.78, 5) is 12.2. The normalized spacial score (nSPS) is 12.6. The number of esters is 1. The largest absolute Gasteiger partial charge is 0.465 e. The van der Waals surface area contributed by atoms with E-state index in [1.165, 1.54) is 17.4 Å². The van der Waals surface area contributed by atoms with Gasteiger partial charge in [-0.15, -0.1) is 15.7 Å². The summed E-state index contributed by atoms with van der Waals surface area (Å²) in [6, 6.07) is 8.88. The summed E-state index contributed by atoms with van der Waals surface area (Å²) in [6.07, 6.45) is 0. The van der Waals surface area contributed by atoms with E-state index >= 15 is 0 Å². The lowest BCUT2D eigenvalue weighted by atomic mass is 10.2. The van der Waals surface area contributed by atoms with Gasteiger partial charge in [0.15, 0.2) is 0 Å². The van der Waals surface area contributed by atoms with E-state index < -0.39 is 16.0 Å². The molecule has 1 aromatic carbocycles. The van der Waals surface area contributed by atoms with Gasteiger partial charge in [0.25, 0.3) is 10.0 Å². The van der Waals surface area contributed by atoms with Gasteiger partial charge >= 0.3 is 5.97 Å². The fourth-order valence-corrected chi connectivity index (χ4v) is 5.60. The first-order valence-electron chi connectivity index (χ1n) is 7.51. The molecular formula is C16H16N2O4S3. The van der Waals surface area contributed by atoms with Gasteiger partial charge in [-0.2, -0.15) is 8.42 Å². The Balaban J connectivity index is 2.19. The lowest BCUT2D eigenvalue weighted by Crippen LogP contribution is -2.23. The number of nitrogens with zero attached hydrogens (tertiary/aromatic N) is 2. The minimum absolute atomic E-state index is 0.0876. The van der Waals surface area contributed by atoms with Crippen molar-refractivity contribution in [2.45, 2.75) is 24.6 Å². The van der Waals surface area contributed by atoms with Crippen LogP contribution in [0.25, 0.3) is 10.2 Å². The van der Waals surface area contributed by atoms with Crippen molar-refractivity contribution in [3.05, 3.63) is 46.1 Å². The number of carbonyl (C=O) groups is 1. The minimum Gasteiger partial charge on any atom is -0.465 e. The molecule has 0 fully saturated rings. The number of hydrogen-bond acceptors (Lipinski definition) is 6. The summed E-state index contributed by atoms with van der Waals surface area (Å²) in [5.74, 6) is -0.433. The number of hydrogen-bond donors (Lipinski definition) is 0. The van der Waals surface area contributed by atoms with Crippen molar-refractivity contribution in [3.8, 4) is 0 Å². The monoisotopic (exact) mass is 396 g/mol.